The Bertz CT molecular complexity index is 564. The number of thioether (sulfide) groups is 1. The molecule has 18 heavy (non-hydrogen) atoms. The molecule has 5 nitrogen and oxygen atoms in total. The van der Waals surface area contributed by atoms with Gasteiger partial charge in [0.15, 0.2) is 0 Å². The molecule has 2 heterocycles. The van der Waals surface area contributed by atoms with Crippen LogP contribution in [0, 0.1) is 11.3 Å². The summed E-state index contributed by atoms with van der Waals surface area (Å²) in [6.45, 7) is 0.577. The minimum atomic E-state index is 0.480. The first-order valence-corrected chi connectivity index (χ1v) is 6.49. The van der Waals surface area contributed by atoms with E-state index in [0.29, 0.717) is 23.0 Å². The van der Waals surface area contributed by atoms with Gasteiger partial charge in [-0.05, 0) is 17.9 Å². The second-order valence-corrected chi connectivity index (χ2v) is 4.23. The van der Waals surface area contributed by atoms with Crippen molar-refractivity contribution in [3.05, 3.63) is 42.0 Å². The third kappa shape index (κ3) is 2.76. The van der Waals surface area contributed by atoms with Crippen molar-refractivity contribution in [2.75, 3.05) is 11.6 Å². The molecule has 2 aromatic heterocycles. The van der Waals surface area contributed by atoms with Gasteiger partial charge in [-0.1, -0.05) is 6.07 Å². The van der Waals surface area contributed by atoms with Crippen molar-refractivity contribution in [1.29, 1.82) is 5.26 Å². The Morgan fingerprint density at radius 1 is 1.44 bits per heavy atom. The molecule has 0 fully saturated rings. The largest absolute Gasteiger partial charge is 0.365 e. The van der Waals surface area contributed by atoms with E-state index < -0.39 is 0 Å². The highest BCUT2D eigenvalue weighted by atomic mass is 32.2. The molecule has 0 amide bonds. The summed E-state index contributed by atoms with van der Waals surface area (Å²) in [5.41, 5.74) is 1.51. The molecule has 0 bridgehead atoms. The van der Waals surface area contributed by atoms with Gasteiger partial charge in [0.25, 0.3) is 0 Å². The van der Waals surface area contributed by atoms with Gasteiger partial charge in [-0.15, -0.1) is 11.8 Å². The Hall–Kier alpha value is -2.13. The summed E-state index contributed by atoms with van der Waals surface area (Å²) in [6, 6.07) is 5.96. The van der Waals surface area contributed by atoms with Crippen LogP contribution >= 0.6 is 11.8 Å². The van der Waals surface area contributed by atoms with Gasteiger partial charge in [0, 0.05) is 18.9 Å². The van der Waals surface area contributed by atoms with E-state index >= 15 is 0 Å². The van der Waals surface area contributed by atoms with Gasteiger partial charge >= 0.3 is 0 Å². The van der Waals surface area contributed by atoms with E-state index in [-0.39, 0.29) is 0 Å². The second kappa shape index (κ2) is 5.98. The highest BCUT2D eigenvalue weighted by molar-refractivity contribution is 7.98. The molecule has 6 heteroatoms. The number of hydrogen-bond acceptors (Lipinski definition) is 6. The summed E-state index contributed by atoms with van der Waals surface area (Å²) < 4.78 is 0. The Morgan fingerprint density at radius 3 is 3.00 bits per heavy atom. The summed E-state index contributed by atoms with van der Waals surface area (Å²) in [5, 5.41) is 12.9. The molecule has 2 aromatic rings. The zero-order valence-corrected chi connectivity index (χ0v) is 10.6. The third-order valence-electron chi connectivity index (χ3n) is 2.30. The third-order valence-corrected chi connectivity index (χ3v) is 3.00. The van der Waals surface area contributed by atoms with Crippen LogP contribution in [0.4, 0.5) is 5.82 Å². The smallest absolute Gasteiger partial charge is 0.148 e. The van der Waals surface area contributed by atoms with Crippen LogP contribution in [0.25, 0.3) is 0 Å². The van der Waals surface area contributed by atoms with Crippen LogP contribution in [0.1, 0.15) is 11.1 Å². The number of rotatable bonds is 4. The van der Waals surface area contributed by atoms with Crippen LogP contribution in [0.2, 0.25) is 0 Å². The zero-order chi connectivity index (χ0) is 12.8. The topological polar surface area (TPSA) is 74.5 Å². The summed E-state index contributed by atoms with van der Waals surface area (Å²) in [4.78, 5) is 12.2. The number of nitrogens with zero attached hydrogens (tertiary/aromatic N) is 4. The number of anilines is 1. The Balaban J connectivity index is 2.17. The fraction of sp³-hybridized carbons (Fsp3) is 0.167. The van der Waals surface area contributed by atoms with Gasteiger partial charge in [-0.3, -0.25) is 4.98 Å². The predicted molar refractivity (Wildman–Crippen MR) is 70.1 cm³/mol. The van der Waals surface area contributed by atoms with E-state index in [1.165, 1.54) is 18.1 Å². The van der Waals surface area contributed by atoms with Crippen LogP contribution in [-0.2, 0) is 6.54 Å². The minimum Gasteiger partial charge on any atom is -0.365 e. The van der Waals surface area contributed by atoms with E-state index in [1.54, 1.807) is 12.4 Å². The van der Waals surface area contributed by atoms with Gasteiger partial charge < -0.3 is 5.32 Å². The van der Waals surface area contributed by atoms with Gasteiger partial charge in [0.1, 0.15) is 28.8 Å². The van der Waals surface area contributed by atoms with Crippen molar-refractivity contribution in [3.63, 3.8) is 0 Å². The molecule has 0 saturated carbocycles. The minimum absolute atomic E-state index is 0.480. The van der Waals surface area contributed by atoms with E-state index in [9.17, 15) is 0 Å². The van der Waals surface area contributed by atoms with Crippen molar-refractivity contribution >= 4 is 17.6 Å². The first-order valence-electron chi connectivity index (χ1n) is 5.27. The van der Waals surface area contributed by atoms with Crippen LogP contribution in [-0.4, -0.2) is 21.2 Å². The molecule has 0 aromatic carbocycles. The van der Waals surface area contributed by atoms with Crippen molar-refractivity contribution in [3.8, 4) is 6.07 Å². The van der Waals surface area contributed by atoms with Crippen LogP contribution in [0.5, 0.6) is 0 Å². The second-order valence-electron chi connectivity index (χ2n) is 3.43. The zero-order valence-electron chi connectivity index (χ0n) is 9.79. The molecule has 0 spiro atoms. The maximum Gasteiger partial charge on any atom is 0.148 e. The molecule has 1 N–H and O–H groups in total. The van der Waals surface area contributed by atoms with Gasteiger partial charge in [-0.2, -0.15) is 5.26 Å². The fourth-order valence-electron chi connectivity index (χ4n) is 1.45. The van der Waals surface area contributed by atoms with Crippen molar-refractivity contribution in [1.82, 2.24) is 15.0 Å². The maximum absolute atomic E-state index is 9.13. The molecule has 0 radical (unpaired) electrons. The van der Waals surface area contributed by atoms with E-state index in [1.807, 2.05) is 18.4 Å². The Labute approximate surface area is 109 Å². The standard InChI is InChI=1S/C12H11N5S/c1-18-12-10(5-13)11(16-8-17-12)15-7-9-3-2-4-14-6-9/h2-4,6,8H,7H2,1H3,(H,15,16,17). The number of pyridine rings is 1. The van der Waals surface area contributed by atoms with Crippen molar-refractivity contribution in [2.24, 2.45) is 0 Å². The molecule has 0 unspecified atom stereocenters. The lowest BCUT2D eigenvalue weighted by Gasteiger charge is -2.08. The molecule has 0 saturated heterocycles. The van der Waals surface area contributed by atoms with E-state index in [0.717, 1.165) is 5.56 Å². The monoisotopic (exact) mass is 257 g/mol. The Kier molecular flexibility index (Phi) is 4.10. The van der Waals surface area contributed by atoms with Gasteiger partial charge in [0.2, 0.25) is 0 Å². The first kappa shape index (κ1) is 12.3. The molecule has 0 aliphatic carbocycles. The maximum atomic E-state index is 9.13. The summed E-state index contributed by atoms with van der Waals surface area (Å²) in [6.07, 6.45) is 6.84. The highest BCUT2D eigenvalue weighted by Gasteiger charge is 2.09. The van der Waals surface area contributed by atoms with E-state index in [2.05, 4.69) is 26.3 Å². The number of aromatic nitrogens is 3. The molecule has 0 aliphatic heterocycles. The molecular weight excluding hydrogens is 246 g/mol. The van der Waals surface area contributed by atoms with Gasteiger partial charge in [0.05, 0.1) is 0 Å². The molecule has 0 aliphatic rings. The average Bonchev–Trinajstić information content (AvgIpc) is 2.45. The van der Waals surface area contributed by atoms with Gasteiger partial charge in [-0.25, -0.2) is 9.97 Å². The number of hydrogen-bond donors (Lipinski definition) is 1. The molecular formula is C12H11N5S. The fourth-order valence-corrected chi connectivity index (χ4v) is 1.95. The first-order chi connectivity index (χ1) is 8.85. The Morgan fingerprint density at radius 2 is 2.33 bits per heavy atom. The van der Waals surface area contributed by atoms with E-state index in [4.69, 9.17) is 5.26 Å². The van der Waals surface area contributed by atoms with Crippen molar-refractivity contribution in [2.45, 2.75) is 11.6 Å². The lowest BCUT2D eigenvalue weighted by molar-refractivity contribution is 1.00. The summed E-state index contributed by atoms with van der Waals surface area (Å²) in [5.74, 6) is 0.556. The normalized spacial score (nSPS) is 9.78. The quantitative estimate of drug-likeness (QED) is 0.667. The highest BCUT2D eigenvalue weighted by Crippen LogP contribution is 2.22. The molecule has 90 valence electrons. The predicted octanol–water partition coefficient (Wildman–Crippen LogP) is 2.08. The van der Waals surface area contributed by atoms with Crippen LogP contribution in [0.15, 0.2) is 35.9 Å². The molecule has 0 atom stereocenters. The van der Waals surface area contributed by atoms with Crippen LogP contribution < -0.4 is 5.32 Å². The van der Waals surface area contributed by atoms with Crippen molar-refractivity contribution < 1.29 is 0 Å². The summed E-state index contributed by atoms with van der Waals surface area (Å²) in [7, 11) is 0. The summed E-state index contributed by atoms with van der Waals surface area (Å²) >= 11 is 1.43. The SMILES string of the molecule is CSc1ncnc(NCc2cccnc2)c1C#N. The average molecular weight is 257 g/mol. The number of nitriles is 1. The number of nitrogens with one attached hydrogen (secondary N) is 1. The lowest BCUT2D eigenvalue weighted by atomic mass is 10.2. The lowest BCUT2D eigenvalue weighted by Crippen LogP contribution is -2.05. The molecule has 2 rings (SSSR count). The van der Waals surface area contributed by atoms with Crippen LogP contribution in [0.3, 0.4) is 0 Å².